The van der Waals surface area contributed by atoms with Gasteiger partial charge < -0.3 is 19.3 Å². The van der Waals surface area contributed by atoms with Gasteiger partial charge in [0.15, 0.2) is 0 Å². The lowest BCUT2D eigenvalue weighted by Gasteiger charge is -2.25. The zero-order valence-electron chi connectivity index (χ0n) is 20.8. The van der Waals surface area contributed by atoms with Crippen LogP contribution in [-0.2, 0) is 9.53 Å². The summed E-state index contributed by atoms with van der Waals surface area (Å²) in [5.74, 6) is 0.664. The number of aliphatic hydroxyl groups excluding tert-OH is 1. The first-order chi connectivity index (χ1) is 17.4. The molecular weight excluding hydrogens is 464 g/mol. The third kappa shape index (κ3) is 9.81. The molecule has 2 amide bonds. The smallest absolute Gasteiger partial charge is 0.412 e. The first kappa shape index (κ1) is 28.4. The fourth-order valence-electron chi connectivity index (χ4n) is 3.43. The normalized spacial score (nSPS) is 13.1. The van der Waals surface area contributed by atoms with Crippen LogP contribution in [0.4, 0.5) is 10.5 Å². The van der Waals surface area contributed by atoms with Crippen LogP contribution in [0.25, 0.3) is 0 Å². The van der Waals surface area contributed by atoms with Crippen LogP contribution in [-0.4, -0.2) is 42.6 Å². The molecule has 2 rings (SSSR count). The molecule has 36 heavy (non-hydrogen) atoms. The van der Waals surface area contributed by atoms with E-state index >= 15 is 0 Å². The maximum atomic E-state index is 12.7. The Kier molecular flexibility index (Phi) is 12.0. The largest absolute Gasteiger partial charge is 0.497 e. The lowest BCUT2D eigenvalue weighted by Crippen LogP contribution is -2.22. The average Bonchev–Trinajstić information content (AvgIpc) is 2.89. The quantitative estimate of drug-likeness (QED) is 0.135. The SMILES string of the molecule is COc1ccc(NC(=O)O[C@@H](c2ccc(OCCO)cc2)[C@H](C)CC/C=C/C(C)=C/C(=O)NO)cc1. The Hall–Kier alpha value is -3.82. The molecule has 0 bridgehead atoms. The lowest BCUT2D eigenvalue weighted by molar-refractivity contribution is -0.124. The summed E-state index contributed by atoms with van der Waals surface area (Å²) in [5, 5.41) is 20.3. The summed E-state index contributed by atoms with van der Waals surface area (Å²) in [6, 6.07) is 14.2. The van der Waals surface area contributed by atoms with E-state index in [1.807, 2.05) is 25.1 Å². The molecule has 9 heteroatoms. The van der Waals surface area contributed by atoms with Gasteiger partial charge in [-0.3, -0.25) is 15.3 Å². The molecule has 0 aliphatic carbocycles. The van der Waals surface area contributed by atoms with Gasteiger partial charge in [-0.2, -0.15) is 0 Å². The first-order valence-corrected chi connectivity index (χ1v) is 11.6. The van der Waals surface area contributed by atoms with Crippen molar-refractivity contribution in [1.82, 2.24) is 5.48 Å². The van der Waals surface area contributed by atoms with Crippen LogP contribution in [0, 0.1) is 5.92 Å². The number of methoxy groups -OCH3 is 1. The highest BCUT2D eigenvalue weighted by Gasteiger charge is 2.23. The Morgan fingerprint density at radius 3 is 2.33 bits per heavy atom. The number of hydrogen-bond donors (Lipinski definition) is 4. The average molecular weight is 499 g/mol. The number of carbonyl (C=O) groups is 2. The van der Waals surface area contributed by atoms with Crippen LogP contribution in [0.3, 0.4) is 0 Å². The van der Waals surface area contributed by atoms with E-state index in [2.05, 4.69) is 5.32 Å². The zero-order chi connectivity index (χ0) is 26.3. The van der Waals surface area contributed by atoms with E-state index in [0.717, 1.165) is 5.56 Å². The van der Waals surface area contributed by atoms with E-state index in [9.17, 15) is 9.59 Å². The van der Waals surface area contributed by atoms with Gasteiger partial charge in [0.1, 0.15) is 24.2 Å². The molecule has 0 aromatic heterocycles. The van der Waals surface area contributed by atoms with Gasteiger partial charge >= 0.3 is 6.09 Å². The van der Waals surface area contributed by atoms with E-state index in [1.54, 1.807) is 62.0 Å². The molecule has 2 aromatic carbocycles. The fourth-order valence-corrected chi connectivity index (χ4v) is 3.43. The predicted molar refractivity (Wildman–Crippen MR) is 136 cm³/mol. The number of hydroxylamine groups is 1. The molecule has 2 atom stereocenters. The van der Waals surface area contributed by atoms with Crippen molar-refractivity contribution in [3.8, 4) is 11.5 Å². The van der Waals surface area contributed by atoms with Crippen LogP contribution in [0.15, 0.2) is 72.3 Å². The van der Waals surface area contributed by atoms with E-state index in [-0.39, 0.29) is 19.1 Å². The summed E-state index contributed by atoms with van der Waals surface area (Å²) < 4.78 is 16.4. The van der Waals surface area contributed by atoms with Gasteiger partial charge in [0.2, 0.25) is 0 Å². The first-order valence-electron chi connectivity index (χ1n) is 11.6. The molecule has 0 spiro atoms. The van der Waals surface area contributed by atoms with Crippen LogP contribution in [0.5, 0.6) is 11.5 Å². The molecule has 9 nitrogen and oxygen atoms in total. The van der Waals surface area contributed by atoms with Gasteiger partial charge in [-0.15, -0.1) is 0 Å². The highest BCUT2D eigenvalue weighted by Crippen LogP contribution is 2.31. The topological polar surface area (TPSA) is 126 Å². The number of carbonyl (C=O) groups excluding carboxylic acids is 2. The lowest BCUT2D eigenvalue weighted by atomic mass is 9.93. The van der Waals surface area contributed by atoms with Crippen molar-refractivity contribution < 1.29 is 34.1 Å². The van der Waals surface area contributed by atoms with Crippen molar-refractivity contribution in [3.05, 3.63) is 77.9 Å². The third-order valence-electron chi connectivity index (χ3n) is 5.29. The number of hydrogen-bond acceptors (Lipinski definition) is 7. The third-order valence-corrected chi connectivity index (χ3v) is 5.29. The molecule has 2 aromatic rings. The molecule has 0 saturated carbocycles. The summed E-state index contributed by atoms with van der Waals surface area (Å²) in [5.41, 5.74) is 3.65. The minimum absolute atomic E-state index is 0.0366. The summed E-state index contributed by atoms with van der Waals surface area (Å²) in [4.78, 5) is 23.9. The zero-order valence-corrected chi connectivity index (χ0v) is 20.8. The van der Waals surface area contributed by atoms with Gasteiger partial charge in [-0.05, 0) is 73.2 Å². The van der Waals surface area contributed by atoms with E-state index in [4.69, 9.17) is 24.5 Å². The second-order valence-electron chi connectivity index (χ2n) is 8.14. The Morgan fingerprint density at radius 2 is 1.72 bits per heavy atom. The number of benzene rings is 2. The summed E-state index contributed by atoms with van der Waals surface area (Å²) in [6.45, 7) is 3.87. The van der Waals surface area contributed by atoms with Gasteiger partial charge in [-0.1, -0.05) is 31.2 Å². The second-order valence-corrected chi connectivity index (χ2v) is 8.14. The number of allylic oxidation sites excluding steroid dienone is 3. The maximum Gasteiger partial charge on any atom is 0.412 e. The van der Waals surface area contributed by atoms with E-state index < -0.39 is 18.1 Å². The molecule has 4 N–H and O–H groups in total. The summed E-state index contributed by atoms with van der Waals surface area (Å²) in [6.07, 6.45) is 5.29. The van der Waals surface area contributed by atoms with Gasteiger partial charge in [0.25, 0.3) is 5.91 Å². The fraction of sp³-hybridized carbons (Fsp3) is 0.333. The number of rotatable bonds is 13. The van der Waals surface area contributed by atoms with Crippen molar-refractivity contribution in [2.24, 2.45) is 5.92 Å². The predicted octanol–water partition coefficient (Wildman–Crippen LogP) is 4.78. The number of anilines is 1. The van der Waals surface area contributed by atoms with E-state index in [0.29, 0.717) is 35.6 Å². The molecule has 0 aliphatic rings. The molecule has 0 fully saturated rings. The van der Waals surface area contributed by atoms with Crippen molar-refractivity contribution in [3.63, 3.8) is 0 Å². The van der Waals surface area contributed by atoms with Gasteiger partial charge in [0, 0.05) is 11.8 Å². The Labute approximate surface area is 211 Å². The van der Waals surface area contributed by atoms with Gasteiger partial charge in [0.05, 0.1) is 13.7 Å². The molecule has 0 aliphatic heterocycles. The van der Waals surface area contributed by atoms with Crippen LogP contribution < -0.4 is 20.3 Å². The molecule has 0 radical (unpaired) electrons. The van der Waals surface area contributed by atoms with Crippen molar-refractivity contribution in [2.45, 2.75) is 32.8 Å². The molecular formula is C27H34N2O7. The summed E-state index contributed by atoms with van der Waals surface area (Å²) in [7, 11) is 1.57. The van der Waals surface area contributed by atoms with Gasteiger partial charge in [-0.25, -0.2) is 10.3 Å². The minimum atomic E-state index is -0.590. The highest BCUT2D eigenvalue weighted by atomic mass is 16.6. The van der Waals surface area contributed by atoms with Crippen molar-refractivity contribution in [2.75, 3.05) is 25.6 Å². The number of nitrogens with one attached hydrogen (secondary N) is 2. The molecule has 0 saturated heterocycles. The van der Waals surface area contributed by atoms with E-state index in [1.165, 1.54) is 6.08 Å². The Bertz CT molecular complexity index is 1020. The minimum Gasteiger partial charge on any atom is -0.497 e. The Morgan fingerprint density at radius 1 is 1.06 bits per heavy atom. The van der Waals surface area contributed by atoms with Crippen molar-refractivity contribution in [1.29, 1.82) is 0 Å². The monoisotopic (exact) mass is 498 g/mol. The Balaban J connectivity index is 2.09. The highest BCUT2D eigenvalue weighted by molar-refractivity contribution is 5.87. The number of aliphatic hydroxyl groups is 1. The van der Waals surface area contributed by atoms with Crippen LogP contribution in [0.1, 0.15) is 38.4 Å². The number of ether oxygens (including phenoxy) is 3. The van der Waals surface area contributed by atoms with Crippen LogP contribution >= 0.6 is 0 Å². The second kappa shape index (κ2) is 15.2. The van der Waals surface area contributed by atoms with Crippen LogP contribution in [0.2, 0.25) is 0 Å². The molecule has 194 valence electrons. The molecule has 0 unspecified atom stereocenters. The summed E-state index contributed by atoms with van der Waals surface area (Å²) >= 11 is 0. The number of amides is 2. The van der Waals surface area contributed by atoms with Crippen molar-refractivity contribution >= 4 is 17.7 Å². The standard InChI is InChI=1S/C27H34N2O7/c1-19(18-25(31)29-33)6-4-5-7-20(2)26(21-8-12-24(13-9-21)35-17-16-30)36-27(32)28-22-10-14-23(34-3)15-11-22/h4,6,8-15,18,20,26,30,33H,5,7,16-17H2,1-3H3,(H,28,32)(H,29,31)/b6-4+,19-18+/t20-,26-/m1/s1. The molecule has 0 heterocycles. The maximum absolute atomic E-state index is 12.7.